The molecule has 0 unspecified atom stereocenters. The third-order valence-electron chi connectivity index (χ3n) is 4.80. The molecule has 0 saturated carbocycles. The number of ether oxygens (including phenoxy) is 2. The lowest BCUT2D eigenvalue weighted by atomic mass is 10.1. The van der Waals surface area contributed by atoms with Crippen molar-refractivity contribution in [3.05, 3.63) is 61.9 Å². The monoisotopic (exact) mass is 443 g/mol. The molecule has 0 bridgehead atoms. The van der Waals surface area contributed by atoms with E-state index in [1.165, 1.54) is 11.3 Å². The molecule has 3 N–H and O–H groups in total. The lowest BCUT2D eigenvalue weighted by Gasteiger charge is -2.11. The van der Waals surface area contributed by atoms with Gasteiger partial charge in [0.05, 0.1) is 19.9 Å². The molecular formula is C22H25N3O3S2. The minimum absolute atomic E-state index is 0.229. The van der Waals surface area contributed by atoms with Gasteiger partial charge in [0.25, 0.3) is 5.91 Å². The molecule has 0 atom stereocenters. The number of aryl methyl sites for hydroxylation is 2. The second-order valence-corrected chi connectivity index (χ2v) is 8.55. The van der Waals surface area contributed by atoms with Crippen molar-refractivity contribution in [2.24, 2.45) is 0 Å². The molecule has 6 nitrogen and oxygen atoms in total. The van der Waals surface area contributed by atoms with E-state index in [0.717, 1.165) is 22.4 Å². The van der Waals surface area contributed by atoms with E-state index in [0.29, 0.717) is 39.1 Å². The molecule has 3 aromatic rings. The summed E-state index contributed by atoms with van der Waals surface area (Å²) in [5.41, 5.74) is 10.4. The number of nitrogens with one attached hydrogen (secondary N) is 1. The minimum Gasteiger partial charge on any atom is -0.493 e. The summed E-state index contributed by atoms with van der Waals surface area (Å²) in [5, 5.41) is 2.93. The number of carbonyl (C=O) groups excluding carboxylic acids is 1. The fraction of sp³-hybridized carbons (Fsp3) is 0.273. The van der Waals surface area contributed by atoms with Crippen LogP contribution < -0.4 is 20.5 Å². The number of aromatic nitrogens is 1. The number of nitrogens with zero attached hydrogens (tertiary/aromatic N) is 1. The zero-order chi connectivity index (χ0) is 21.8. The standard InChI is InChI=1S/C22H25N3O3S2/c1-13-5-6-14(2)16(11-13)25-20(23)19(30-22(25)29)21(26)24-10-9-15-7-8-17(27-3)18(12-15)28-4/h5-8,11-12H,9-10,23H2,1-4H3,(H,24,26). The third kappa shape index (κ3) is 4.49. The second-order valence-electron chi connectivity index (χ2n) is 6.90. The van der Waals surface area contributed by atoms with Crippen molar-refractivity contribution in [2.75, 3.05) is 26.5 Å². The number of benzene rings is 2. The first-order chi connectivity index (χ1) is 14.3. The van der Waals surface area contributed by atoms with Crippen LogP contribution in [0.15, 0.2) is 36.4 Å². The molecule has 0 spiro atoms. The van der Waals surface area contributed by atoms with Crippen LogP contribution in [0.5, 0.6) is 11.5 Å². The van der Waals surface area contributed by atoms with Crippen molar-refractivity contribution in [1.29, 1.82) is 0 Å². The van der Waals surface area contributed by atoms with Gasteiger partial charge < -0.3 is 20.5 Å². The summed E-state index contributed by atoms with van der Waals surface area (Å²) < 4.78 is 12.9. The van der Waals surface area contributed by atoms with Gasteiger partial charge in [-0.05, 0) is 67.4 Å². The van der Waals surface area contributed by atoms with E-state index in [2.05, 4.69) is 5.32 Å². The van der Waals surface area contributed by atoms with Gasteiger partial charge >= 0.3 is 0 Å². The first kappa shape index (κ1) is 21.9. The molecule has 0 aliphatic carbocycles. The van der Waals surface area contributed by atoms with Gasteiger partial charge in [0, 0.05) is 6.54 Å². The largest absolute Gasteiger partial charge is 0.493 e. The van der Waals surface area contributed by atoms with Gasteiger partial charge in [0.2, 0.25) is 0 Å². The first-order valence-electron chi connectivity index (χ1n) is 9.43. The summed E-state index contributed by atoms with van der Waals surface area (Å²) in [6.45, 7) is 4.47. The van der Waals surface area contributed by atoms with Gasteiger partial charge in [-0.1, -0.05) is 29.5 Å². The van der Waals surface area contributed by atoms with Crippen LogP contribution >= 0.6 is 23.6 Å². The molecule has 8 heteroatoms. The predicted molar refractivity (Wildman–Crippen MR) is 124 cm³/mol. The van der Waals surface area contributed by atoms with Crippen molar-refractivity contribution >= 4 is 35.3 Å². The Morgan fingerprint density at radius 2 is 1.87 bits per heavy atom. The maximum absolute atomic E-state index is 12.7. The van der Waals surface area contributed by atoms with E-state index < -0.39 is 0 Å². The van der Waals surface area contributed by atoms with Crippen molar-refractivity contribution in [3.8, 4) is 17.2 Å². The molecule has 1 amide bonds. The van der Waals surface area contributed by atoms with Gasteiger partial charge in [0.1, 0.15) is 10.7 Å². The SMILES string of the molecule is COc1ccc(CCNC(=O)c2sc(=S)n(-c3cc(C)ccc3C)c2N)cc1OC. The molecule has 3 rings (SSSR count). The van der Waals surface area contributed by atoms with Gasteiger partial charge in [-0.3, -0.25) is 9.36 Å². The number of nitrogen functional groups attached to an aromatic ring is 1. The highest BCUT2D eigenvalue weighted by Crippen LogP contribution is 2.29. The van der Waals surface area contributed by atoms with Crippen LogP contribution in [0.3, 0.4) is 0 Å². The van der Waals surface area contributed by atoms with E-state index in [1.807, 2.05) is 50.2 Å². The van der Waals surface area contributed by atoms with Crippen LogP contribution in [0.25, 0.3) is 5.69 Å². The average Bonchev–Trinajstić information content (AvgIpc) is 3.03. The number of nitrogens with two attached hydrogens (primary N) is 1. The Balaban J connectivity index is 1.74. The van der Waals surface area contributed by atoms with Gasteiger partial charge in [-0.2, -0.15) is 0 Å². The Morgan fingerprint density at radius 3 is 2.57 bits per heavy atom. The maximum Gasteiger partial charge on any atom is 0.265 e. The molecule has 0 aliphatic rings. The van der Waals surface area contributed by atoms with Gasteiger partial charge in [-0.15, -0.1) is 0 Å². The van der Waals surface area contributed by atoms with Crippen LogP contribution in [0.4, 0.5) is 5.82 Å². The lowest BCUT2D eigenvalue weighted by molar-refractivity contribution is 0.0958. The third-order valence-corrected chi connectivity index (χ3v) is 6.19. The van der Waals surface area contributed by atoms with Gasteiger partial charge in [0.15, 0.2) is 15.5 Å². The van der Waals surface area contributed by atoms with Crippen molar-refractivity contribution < 1.29 is 14.3 Å². The number of hydrogen-bond acceptors (Lipinski definition) is 6. The first-order valence-corrected chi connectivity index (χ1v) is 10.7. The highest BCUT2D eigenvalue weighted by molar-refractivity contribution is 7.73. The predicted octanol–water partition coefficient (Wildman–Crippen LogP) is 4.46. The Bertz CT molecular complexity index is 1140. The van der Waals surface area contributed by atoms with Crippen LogP contribution in [-0.2, 0) is 6.42 Å². The summed E-state index contributed by atoms with van der Waals surface area (Å²) in [7, 11) is 3.20. The molecule has 1 heterocycles. The van der Waals surface area contributed by atoms with E-state index >= 15 is 0 Å². The van der Waals surface area contributed by atoms with Crippen LogP contribution in [0, 0.1) is 17.8 Å². The summed E-state index contributed by atoms with van der Waals surface area (Å²) in [6.07, 6.45) is 0.648. The molecule has 158 valence electrons. The molecule has 0 aliphatic heterocycles. The summed E-state index contributed by atoms with van der Waals surface area (Å²) in [6, 6.07) is 11.8. The average molecular weight is 444 g/mol. The molecular weight excluding hydrogens is 418 g/mol. The quantitative estimate of drug-likeness (QED) is 0.527. The Labute approximate surface area is 185 Å². The van der Waals surface area contributed by atoms with Crippen LogP contribution in [-0.4, -0.2) is 31.2 Å². The Morgan fingerprint density at radius 1 is 1.13 bits per heavy atom. The summed E-state index contributed by atoms with van der Waals surface area (Å²) in [5.74, 6) is 1.47. The fourth-order valence-electron chi connectivity index (χ4n) is 3.17. The molecule has 1 aromatic heterocycles. The highest BCUT2D eigenvalue weighted by atomic mass is 32.1. The zero-order valence-electron chi connectivity index (χ0n) is 17.4. The smallest absolute Gasteiger partial charge is 0.265 e. The number of rotatable bonds is 7. The van der Waals surface area contributed by atoms with Crippen molar-refractivity contribution in [2.45, 2.75) is 20.3 Å². The topological polar surface area (TPSA) is 78.5 Å². The van der Waals surface area contributed by atoms with E-state index in [-0.39, 0.29) is 5.91 Å². The fourth-order valence-corrected chi connectivity index (χ4v) is 4.44. The van der Waals surface area contributed by atoms with E-state index in [4.69, 9.17) is 27.4 Å². The molecule has 0 saturated heterocycles. The number of anilines is 1. The van der Waals surface area contributed by atoms with E-state index in [1.54, 1.807) is 18.8 Å². The minimum atomic E-state index is -0.229. The molecule has 0 radical (unpaired) electrons. The molecule has 2 aromatic carbocycles. The number of hydrogen-bond donors (Lipinski definition) is 2. The molecule has 30 heavy (non-hydrogen) atoms. The Hall–Kier alpha value is -2.84. The maximum atomic E-state index is 12.7. The van der Waals surface area contributed by atoms with E-state index in [9.17, 15) is 4.79 Å². The second kappa shape index (κ2) is 9.32. The lowest BCUT2D eigenvalue weighted by Crippen LogP contribution is -2.26. The number of amides is 1. The zero-order valence-corrected chi connectivity index (χ0v) is 19.1. The summed E-state index contributed by atoms with van der Waals surface area (Å²) >= 11 is 6.72. The van der Waals surface area contributed by atoms with Crippen molar-refractivity contribution in [3.63, 3.8) is 0 Å². The molecule has 0 fully saturated rings. The normalized spacial score (nSPS) is 10.7. The van der Waals surface area contributed by atoms with Crippen LogP contribution in [0.1, 0.15) is 26.4 Å². The Kier molecular flexibility index (Phi) is 6.79. The highest BCUT2D eigenvalue weighted by Gasteiger charge is 2.19. The van der Waals surface area contributed by atoms with Crippen molar-refractivity contribution in [1.82, 2.24) is 9.88 Å². The summed E-state index contributed by atoms with van der Waals surface area (Å²) in [4.78, 5) is 13.2. The number of methoxy groups -OCH3 is 2. The number of thiazole rings is 1. The number of carbonyl (C=O) groups is 1. The van der Waals surface area contributed by atoms with Gasteiger partial charge in [-0.25, -0.2) is 0 Å². The van der Waals surface area contributed by atoms with Crippen LogP contribution in [0.2, 0.25) is 0 Å².